The Kier molecular flexibility index (Phi) is 5.50. The Morgan fingerprint density at radius 1 is 1.04 bits per heavy atom. The van der Waals surface area contributed by atoms with E-state index in [0.29, 0.717) is 38.5 Å². The van der Waals surface area contributed by atoms with Crippen LogP contribution in [0.4, 0.5) is 0 Å². The third-order valence-electron chi connectivity index (χ3n) is 4.45. The fraction of sp³-hybridized carbons (Fsp3) is 0.368. The number of ether oxygens (including phenoxy) is 1. The lowest BCUT2D eigenvalue weighted by Crippen LogP contribution is -2.51. The lowest BCUT2D eigenvalue weighted by molar-refractivity contribution is -0.135. The first-order valence-corrected chi connectivity index (χ1v) is 8.48. The molecule has 1 aliphatic heterocycles. The number of likely N-dealkylation sites (N-methyl/N-ethyl adjacent to an activating group) is 1. The van der Waals surface area contributed by atoms with Gasteiger partial charge in [-0.2, -0.15) is 0 Å². The number of fused-ring (bicyclic) bond motifs is 1. The van der Waals surface area contributed by atoms with Crippen LogP contribution in [0.5, 0.6) is 5.75 Å². The van der Waals surface area contributed by atoms with Crippen molar-refractivity contribution >= 4 is 22.6 Å². The second kappa shape index (κ2) is 7.98. The van der Waals surface area contributed by atoms with E-state index in [-0.39, 0.29) is 18.4 Å². The first-order valence-electron chi connectivity index (χ1n) is 8.48. The van der Waals surface area contributed by atoms with E-state index < -0.39 is 0 Å². The molecule has 2 amide bonds. The molecule has 1 N–H and O–H groups in total. The monoisotopic (exact) mass is 341 g/mol. The van der Waals surface area contributed by atoms with E-state index in [1.807, 2.05) is 47.4 Å². The van der Waals surface area contributed by atoms with Crippen LogP contribution in [-0.2, 0) is 9.59 Å². The highest BCUT2D eigenvalue weighted by atomic mass is 16.5. The van der Waals surface area contributed by atoms with Gasteiger partial charge in [-0.1, -0.05) is 30.3 Å². The van der Waals surface area contributed by atoms with Crippen LogP contribution in [0.1, 0.15) is 0 Å². The number of benzene rings is 2. The summed E-state index contributed by atoms with van der Waals surface area (Å²) in [5, 5.41) is 4.86. The molecular formula is C19H23N3O3. The van der Waals surface area contributed by atoms with Crippen molar-refractivity contribution in [1.82, 2.24) is 15.1 Å². The molecule has 0 aliphatic carbocycles. The van der Waals surface area contributed by atoms with Gasteiger partial charge < -0.3 is 15.0 Å². The number of carbonyl (C=O) groups is 2. The average molecular weight is 341 g/mol. The molecule has 6 heteroatoms. The Balaban J connectivity index is 1.48. The summed E-state index contributed by atoms with van der Waals surface area (Å²) >= 11 is 0. The minimum atomic E-state index is -0.0206. The van der Waals surface area contributed by atoms with Crippen LogP contribution in [0.2, 0.25) is 0 Å². The maximum atomic E-state index is 12.3. The molecule has 1 aliphatic rings. The number of piperazine rings is 1. The molecule has 0 aromatic heterocycles. The van der Waals surface area contributed by atoms with Crippen molar-refractivity contribution in [2.24, 2.45) is 0 Å². The van der Waals surface area contributed by atoms with Gasteiger partial charge in [0, 0.05) is 33.2 Å². The highest BCUT2D eigenvalue weighted by Gasteiger charge is 2.22. The predicted octanol–water partition coefficient (Wildman–Crippen LogP) is 1.11. The van der Waals surface area contributed by atoms with Gasteiger partial charge in [0.1, 0.15) is 5.75 Å². The minimum absolute atomic E-state index is 0.000543. The third kappa shape index (κ3) is 4.48. The Morgan fingerprint density at radius 2 is 1.76 bits per heavy atom. The van der Waals surface area contributed by atoms with Gasteiger partial charge in [0.05, 0.1) is 6.54 Å². The van der Waals surface area contributed by atoms with Crippen molar-refractivity contribution in [2.45, 2.75) is 0 Å². The van der Waals surface area contributed by atoms with Gasteiger partial charge in [0.25, 0.3) is 5.91 Å². The van der Waals surface area contributed by atoms with Crippen LogP contribution in [0, 0.1) is 0 Å². The van der Waals surface area contributed by atoms with Crippen molar-refractivity contribution in [3.8, 4) is 5.75 Å². The maximum absolute atomic E-state index is 12.3. The van der Waals surface area contributed by atoms with Crippen molar-refractivity contribution in [2.75, 3.05) is 46.4 Å². The summed E-state index contributed by atoms with van der Waals surface area (Å²) in [6, 6.07) is 13.9. The summed E-state index contributed by atoms with van der Waals surface area (Å²) in [4.78, 5) is 27.6. The molecule has 1 fully saturated rings. The number of amides is 2. The van der Waals surface area contributed by atoms with Crippen molar-refractivity contribution in [3.05, 3.63) is 42.5 Å². The smallest absolute Gasteiger partial charge is 0.260 e. The fourth-order valence-electron chi connectivity index (χ4n) is 2.93. The van der Waals surface area contributed by atoms with Gasteiger partial charge in [-0.15, -0.1) is 0 Å². The predicted molar refractivity (Wildman–Crippen MR) is 96.5 cm³/mol. The molecule has 0 spiro atoms. The number of nitrogens with zero attached hydrogens (tertiary/aromatic N) is 2. The van der Waals surface area contributed by atoms with Gasteiger partial charge in [-0.25, -0.2) is 0 Å². The first kappa shape index (κ1) is 17.2. The second-order valence-corrected chi connectivity index (χ2v) is 6.13. The summed E-state index contributed by atoms with van der Waals surface area (Å²) in [6.07, 6.45) is 0. The van der Waals surface area contributed by atoms with Gasteiger partial charge in [-0.05, 0) is 22.9 Å². The highest BCUT2D eigenvalue weighted by molar-refractivity contribution is 5.84. The first-order chi connectivity index (χ1) is 12.2. The Bertz CT molecular complexity index is 754. The summed E-state index contributed by atoms with van der Waals surface area (Å²) in [5.41, 5.74) is 0. The molecule has 0 radical (unpaired) electrons. The van der Waals surface area contributed by atoms with Crippen LogP contribution in [-0.4, -0.2) is 68.0 Å². The van der Waals surface area contributed by atoms with Crippen molar-refractivity contribution < 1.29 is 14.3 Å². The molecule has 132 valence electrons. The van der Waals surface area contributed by atoms with E-state index in [9.17, 15) is 9.59 Å². The zero-order valence-electron chi connectivity index (χ0n) is 14.4. The molecule has 25 heavy (non-hydrogen) atoms. The lowest BCUT2D eigenvalue weighted by atomic mass is 10.1. The lowest BCUT2D eigenvalue weighted by Gasteiger charge is -2.34. The van der Waals surface area contributed by atoms with Gasteiger partial charge in [-0.3, -0.25) is 14.5 Å². The normalized spacial score (nSPS) is 15.2. The molecule has 0 atom stereocenters. The zero-order valence-corrected chi connectivity index (χ0v) is 14.4. The summed E-state index contributed by atoms with van der Waals surface area (Å²) < 4.78 is 5.67. The van der Waals surface area contributed by atoms with Crippen molar-refractivity contribution in [1.29, 1.82) is 0 Å². The van der Waals surface area contributed by atoms with Gasteiger partial charge >= 0.3 is 0 Å². The summed E-state index contributed by atoms with van der Waals surface area (Å²) in [7, 11) is 1.63. The number of hydrogen-bond donors (Lipinski definition) is 1. The molecule has 0 saturated carbocycles. The molecule has 1 heterocycles. The van der Waals surface area contributed by atoms with E-state index >= 15 is 0 Å². The fourth-order valence-corrected chi connectivity index (χ4v) is 2.93. The topological polar surface area (TPSA) is 61.9 Å². The van der Waals surface area contributed by atoms with Crippen LogP contribution < -0.4 is 10.1 Å². The molecule has 0 bridgehead atoms. The zero-order chi connectivity index (χ0) is 17.6. The molecule has 2 aromatic rings. The minimum Gasteiger partial charge on any atom is -0.484 e. The largest absolute Gasteiger partial charge is 0.484 e. The second-order valence-electron chi connectivity index (χ2n) is 6.13. The van der Waals surface area contributed by atoms with E-state index in [1.54, 1.807) is 11.9 Å². The number of carbonyl (C=O) groups excluding carboxylic acids is 2. The van der Waals surface area contributed by atoms with Gasteiger partial charge in [0.15, 0.2) is 6.61 Å². The van der Waals surface area contributed by atoms with E-state index in [4.69, 9.17) is 4.74 Å². The van der Waals surface area contributed by atoms with E-state index in [0.717, 1.165) is 10.8 Å². The maximum Gasteiger partial charge on any atom is 0.260 e. The molecule has 6 nitrogen and oxygen atoms in total. The molecule has 3 rings (SSSR count). The molecule has 2 aromatic carbocycles. The molecule has 0 unspecified atom stereocenters. The van der Waals surface area contributed by atoms with Crippen LogP contribution >= 0.6 is 0 Å². The van der Waals surface area contributed by atoms with Crippen LogP contribution in [0.25, 0.3) is 10.8 Å². The Labute approximate surface area is 147 Å². The number of nitrogens with one attached hydrogen (secondary N) is 1. The average Bonchev–Trinajstić information content (AvgIpc) is 2.66. The quantitative estimate of drug-likeness (QED) is 0.885. The molecular weight excluding hydrogens is 318 g/mol. The summed E-state index contributed by atoms with van der Waals surface area (Å²) in [6.45, 7) is 3.07. The SMILES string of the molecule is CNC(=O)CN1CCN(C(=O)COc2ccc3ccccc3c2)CC1. The Morgan fingerprint density at radius 3 is 2.48 bits per heavy atom. The van der Waals surface area contributed by atoms with Crippen molar-refractivity contribution in [3.63, 3.8) is 0 Å². The Hall–Kier alpha value is -2.60. The standard InChI is InChI=1S/C19H23N3O3/c1-20-18(23)13-21-8-10-22(11-9-21)19(24)14-25-17-7-6-15-4-2-3-5-16(15)12-17/h2-7,12H,8-11,13-14H2,1H3,(H,20,23). The van der Waals surface area contributed by atoms with Crippen LogP contribution in [0.3, 0.4) is 0 Å². The van der Waals surface area contributed by atoms with E-state index in [2.05, 4.69) is 5.32 Å². The number of hydrogen-bond acceptors (Lipinski definition) is 4. The number of rotatable bonds is 5. The van der Waals surface area contributed by atoms with Crippen LogP contribution in [0.15, 0.2) is 42.5 Å². The highest BCUT2D eigenvalue weighted by Crippen LogP contribution is 2.20. The van der Waals surface area contributed by atoms with E-state index in [1.165, 1.54) is 0 Å². The summed E-state index contributed by atoms with van der Waals surface area (Å²) in [5.74, 6) is 0.678. The molecule has 1 saturated heterocycles. The van der Waals surface area contributed by atoms with Gasteiger partial charge in [0.2, 0.25) is 5.91 Å². The third-order valence-corrected chi connectivity index (χ3v) is 4.45.